The molecule has 1 fully saturated rings. The summed E-state index contributed by atoms with van der Waals surface area (Å²) in [4.78, 5) is 2.35. The Balaban J connectivity index is 2.02. The molecule has 0 amide bonds. The first-order valence-electron chi connectivity index (χ1n) is 7.45. The number of rotatable bonds is 5. The first-order chi connectivity index (χ1) is 9.56. The van der Waals surface area contributed by atoms with Crippen molar-refractivity contribution in [1.82, 2.24) is 10.2 Å². The summed E-state index contributed by atoms with van der Waals surface area (Å²) in [6.45, 7) is 8.20. The molecule has 0 atom stereocenters. The van der Waals surface area contributed by atoms with E-state index in [4.69, 9.17) is 11.6 Å². The molecule has 0 aliphatic carbocycles. The smallest absolute Gasteiger partial charge is 0.127 e. The third-order valence-electron chi connectivity index (χ3n) is 4.06. The van der Waals surface area contributed by atoms with Gasteiger partial charge < -0.3 is 5.32 Å². The number of nitrogens with one attached hydrogen (secondary N) is 1. The van der Waals surface area contributed by atoms with Crippen LogP contribution in [0.2, 0.25) is 5.02 Å². The van der Waals surface area contributed by atoms with E-state index in [2.05, 4.69) is 24.1 Å². The van der Waals surface area contributed by atoms with Gasteiger partial charge in [-0.05, 0) is 63.9 Å². The Kier molecular flexibility index (Phi) is 5.82. The van der Waals surface area contributed by atoms with Gasteiger partial charge in [0.1, 0.15) is 5.82 Å². The molecular weight excluding hydrogens is 275 g/mol. The molecule has 0 saturated carbocycles. The summed E-state index contributed by atoms with van der Waals surface area (Å²) >= 11 is 5.98. The molecule has 4 heteroatoms. The largest absolute Gasteiger partial charge is 0.317 e. The molecule has 2 nitrogen and oxygen atoms in total. The Morgan fingerprint density at radius 2 is 2.05 bits per heavy atom. The summed E-state index contributed by atoms with van der Waals surface area (Å²) in [5.74, 6) is 0.547. The predicted molar refractivity (Wildman–Crippen MR) is 82.5 cm³/mol. The van der Waals surface area contributed by atoms with Gasteiger partial charge in [-0.25, -0.2) is 4.39 Å². The van der Waals surface area contributed by atoms with Crippen molar-refractivity contribution in [2.45, 2.75) is 39.3 Å². The maximum absolute atomic E-state index is 13.9. The van der Waals surface area contributed by atoms with Crippen molar-refractivity contribution in [3.05, 3.63) is 34.6 Å². The minimum Gasteiger partial charge on any atom is -0.317 e. The van der Waals surface area contributed by atoms with Gasteiger partial charge in [0, 0.05) is 29.7 Å². The summed E-state index contributed by atoms with van der Waals surface area (Å²) in [5, 5.41) is 3.99. The first kappa shape index (κ1) is 15.7. The standard InChI is InChI=1S/C16H24ClFN2/c1-12(2)20(10-13-5-7-19-8-6-13)11-14-9-15(17)3-4-16(14)18/h3-4,9,12-13,19H,5-8,10-11H2,1-2H3. The Morgan fingerprint density at radius 1 is 1.35 bits per heavy atom. The number of nitrogens with zero attached hydrogens (tertiary/aromatic N) is 1. The fourth-order valence-electron chi connectivity index (χ4n) is 2.74. The van der Waals surface area contributed by atoms with Gasteiger partial charge in [0.05, 0.1) is 0 Å². The Morgan fingerprint density at radius 3 is 2.70 bits per heavy atom. The van der Waals surface area contributed by atoms with Crippen molar-refractivity contribution in [2.24, 2.45) is 5.92 Å². The lowest BCUT2D eigenvalue weighted by atomic mass is 9.96. The van der Waals surface area contributed by atoms with Gasteiger partial charge in [0.25, 0.3) is 0 Å². The van der Waals surface area contributed by atoms with Gasteiger partial charge in [-0.1, -0.05) is 11.6 Å². The van der Waals surface area contributed by atoms with E-state index in [9.17, 15) is 4.39 Å². The Labute approximate surface area is 126 Å². The quantitative estimate of drug-likeness (QED) is 0.892. The van der Waals surface area contributed by atoms with Crippen LogP contribution < -0.4 is 5.32 Å². The van der Waals surface area contributed by atoms with Gasteiger partial charge in [0.15, 0.2) is 0 Å². The number of benzene rings is 1. The van der Waals surface area contributed by atoms with E-state index in [1.807, 2.05) is 0 Å². The Hall–Kier alpha value is -0.640. The van der Waals surface area contributed by atoms with Gasteiger partial charge >= 0.3 is 0 Å². The van der Waals surface area contributed by atoms with Crippen LogP contribution in [0.4, 0.5) is 4.39 Å². The second-order valence-corrected chi connectivity index (χ2v) is 6.39. The topological polar surface area (TPSA) is 15.3 Å². The van der Waals surface area contributed by atoms with E-state index in [0.29, 0.717) is 29.1 Å². The third-order valence-corrected chi connectivity index (χ3v) is 4.30. The molecule has 0 bridgehead atoms. The molecule has 1 N–H and O–H groups in total. The van der Waals surface area contributed by atoms with Crippen molar-refractivity contribution in [3.8, 4) is 0 Å². The first-order valence-corrected chi connectivity index (χ1v) is 7.82. The predicted octanol–water partition coefficient (Wildman–Crippen LogP) is 3.69. The molecule has 2 rings (SSSR count). The SMILES string of the molecule is CC(C)N(Cc1cc(Cl)ccc1F)CC1CCNCC1. The van der Waals surface area contributed by atoms with E-state index >= 15 is 0 Å². The van der Waals surface area contributed by atoms with Crippen LogP contribution in [0, 0.1) is 11.7 Å². The van der Waals surface area contributed by atoms with Gasteiger partial charge in [-0.2, -0.15) is 0 Å². The molecule has 0 radical (unpaired) electrons. The molecule has 1 aromatic rings. The number of hydrogen-bond donors (Lipinski definition) is 1. The second kappa shape index (κ2) is 7.39. The molecule has 0 aromatic heterocycles. The van der Waals surface area contributed by atoms with Gasteiger partial charge in [0.2, 0.25) is 0 Å². The van der Waals surface area contributed by atoms with E-state index < -0.39 is 0 Å². The molecule has 1 aromatic carbocycles. The van der Waals surface area contributed by atoms with Crippen LogP contribution in [0.1, 0.15) is 32.3 Å². The van der Waals surface area contributed by atoms with Crippen molar-refractivity contribution in [1.29, 1.82) is 0 Å². The molecule has 20 heavy (non-hydrogen) atoms. The minimum absolute atomic E-state index is 0.162. The van der Waals surface area contributed by atoms with Crippen LogP contribution in [0.25, 0.3) is 0 Å². The molecule has 112 valence electrons. The zero-order chi connectivity index (χ0) is 14.5. The highest BCUT2D eigenvalue weighted by molar-refractivity contribution is 6.30. The zero-order valence-corrected chi connectivity index (χ0v) is 13.1. The summed E-state index contributed by atoms with van der Waals surface area (Å²) in [5.41, 5.74) is 0.695. The summed E-state index contributed by atoms with van der Waals surface area (Å²) in [6.07, 6.45) is 2.42. The highest BCUT2D eigenvalue weighted by Crippen LogP contribution is 2.20. The lowest BCUT2D eigenvalue weighted by Gasteiger charge is -2.33. The summed E-state index contributed by atoms with van der Waals surface area (Å²) in [7, 11) is 0. The summed E-state index contributed by atoms with van der Waals surface area (Å²) < 4.78 is 13.9. The monoisotopic (exact) mass is 298 g/mol. The van der Waals surface area contributed by atoms with Crippen molar-refractivity contribution < 1.29 is 4.39 Å². The van der Waals surface area contributed by atoms with E-state index in [1.165, 1.54) is 18.9 Å². The molecule has 0 unspecified atom stereocenters. The number of hydrogen-bond acceptors (Lipinski definition) is 2. The molecule has 1 heterocycles. The van der Waals surface area contributed by atoms with E-state index in [1.54, 1.807) is 12.1 Å². The lowest BCUT2D eigenvalue weighted by molar-refractivity contribution is 0.160. The van der Waals surface area contributed by atoms with Crippen molar-refractivity contribution in [2.75, 3.05) is 19.6 Å². The maximum atomic E-state index is 13.9. The van der Waals surface area contributed by atoms with Crippen LogP contribution >= 0.6 is 11.6 Å². The highest BCUT2D eigenvalue weighted by atomic mass is 35.5. The molecule has 1 aliphatic heterocycles. The van der Waals surface area contributed by atoms with Crippen LogP contribution in [0.5, 0.6) is 0 Å². The van der Waals surface area contributed by atoms with Crippen molar-refractivity contribution >= 4 is 11.6 Å². The number of piperidine rings is 1. The fraction of sp³-hybridized carbons (Fsp3) is 0.625. The van der Waals surface area contributed by atoms with E-state index in [0.717, 1.165) is 19.6 Å². The minimum atomic E-state index is -0.162. The molecule has 1 aliphatic rings. The molecule has 0 spiro atoms. The normalized spacial score (nSPS) is 17.1. The van der Waals surface area contributed by atoms with Gasteiger partial charge in [-0.3, -0.25) is 4.90 Å². The van der Waals surface area contributed by atoms with Crippen LogP contribution in [0.3, 0.4) is 0 Å². The van der Waals surface area contributed by atoms with Crippen LogP contribution in [-0.2, 0) is 6.54 Å². The second-order valence-electron chi connectivity index (χ2n) is 5.95. The zero-order valence-electron chi connectivity index (χ0n) is 12.3. The van der Waals surface area contributed by atoms with Crippen LogP contribution in [-0.4, -0.2) is 30.6 Å². The third kappa shape index (κ3) is 4.44. The fourth-order valence-corrected chi connectivity index (χ4v) is 2.93. The Bertz CT molecular complexity index is 430. The van der Waals surface area contributed by atoms with Crippen LogP contribution in [0.15, 0.2) is 18.2 Å². The molecular formula is C16H24ClFN2. The summed E-state index contributed by atoms with van der Waals surface area (Å²) in [6, 6.07) is 5.21. The van der Waals surface area contributed by atoms with Crippen molar-refractivity contribution in [3.63, 3.8) is 0 Å². The molecule has 1 saturated heterocycles. The maximum Gasteiger partial charge on any atom is 0.127 e. The average Bonchev–Trinajstić information content (AvgIpc) is 2.43. The number of halogens is 2. The average molecular weight is 299 g/mol. The van der Waals surface area contributed by atoms with E-state index in [-0.39, 0.29) is 5.82 Å². The highest BCUT2D eigenvalue weighted by Gasteiger charge is 2.20. The lowest BCUT2D eigenvalue weighted by Crippen LogP contribution is -2.39. The van der Waals surface area contributed by atoms with Gasteiger partial charge in [-0.15, -0.1) is 0 Å².